The van der Waals surface area contributed by atoms with Gasteiger partial charge in [0.2, 0.25) is 5.91 Å². The number of hydrogen-bond acceptors (Lipinski definition) is 4. The number of nitrogens with one attached hydrogen (secondary N) is 2. The number of alkyl halides is 3. The Hall–Kier alpha value is -3.08. The van der Waals surface area contributed by atoms with Crippen LogP contribution < -0.4 is 16.1 Å². The van der Waals surface area contributed by atoms with E-state index in [4.69, 9.17) is 4.74 Å². The average Bonchev–Trinajstić information content (AvgIpc) is 3.67. The highest BCUT2D eigenvalue weighted by Gasteiger charge is 2.48. The lowest BCUT2D eigenvalue weighted by Gasteiger charge is -2.37. The maximum Gasteiger partial charge on any atom is 0.416 e. The number of carboxylic acid groups (broad SMARTS) is 1. The van der Waals surface area contributed by atoms with E-state index in [0.717, 1.165) is 30.1 Å². The lowest BCUT2D eigenvalue weighted by atomic mass is 9.30. The fourth-order valence-corrected chi connectivity index (χ4v) is 4.80. The largest absolute Gasteiger partial charge is 0.482 e. The summed E-state index contributed by atoms with van der Waals surface area (Å²) in [5.74, 6) is -4.92. The molecule has 1 aliphatic heterocycles. The van der Waals surface area contributed by atoms with Crippen molar-refractivity contribution in [1.29, 1.82) is 0 Å². The van der Waals surface area contributed by atoms with Gasteiger partial charge in [-0.3, -0.25) is 9.59 Å². The SMILES string of the molecule is CNc1ccc(B2C[C@@H](OCC3CC3)C[C@@H](C(=O)Nc3ccc(C(F)(F)F)cc3F)[C@@H]2C(=O)O)cc1. The zero-order valence-electron chi connectivity index (χ0n) is 19.6. The van der Waals surface area contributed by atoms with Crippen molar-refractivity contribution in [1.82, 2.24) is 0 Å². The molecule has 4 rings (SSSR count). The molecular formula is C25H27BF4N2O4. The summed E-state index contributed by atoms with van der Waals surface area (Å²) in [6.07, 6.45) is -2.47. The first-order valence-electron chi connectivity index (χ1n) is 11.9. The van der Waals surface area contributed by atoms with Crippen LogP contribution in [0.3, 0.4) is 0 Å². The zero-order valence-corrected chi connectivity index (χ0v) is 19.6. The quantitative estimate of drug-likeness (QED) is 0.363. The molecule has 1 amide bonds. The van der Waals surface area contributed by atoms with Crippen molar-refractivity contribution in [2.75, 3.05) is 24.3 Å². The predicted molar refractivity (Wildman–Crippen MR) is 128 cm³/mol. The van der Waals surface area contributed by atoms with Gasteiger partial charge in [0.25, 0.3) is 5.97 Å². The number of amides is 1. The first-order chi connectivity index (χ1) is 17.1. The number of ether oxygens (including phenoxy) is 1. The molecule has 3 atom stereocenters. The van der Waals surface area contributed by atoms with E-state index in [9.17, 15) is 32.3 Å². The lowest BCUT2D eigenvalue weighted by molar-refractivity contribution is -0.141. The molecule has 0 bridgehead atoms. The first kappa shape index (κ1) is 26.0. The number of aliphatic carboxylic acids is 1. The molecule has 36 heavy (non-hydrogen) atoms. The van der Waals surface area contributed by atoms with E-state index in [0.29, 0.717) is 31.0 Å². The van der Waals surface area contributed by atoms with E-state index in [2.05, 4.69) is 10.6 Å². The maximum atomic E-state index is 14.4. The molecule has 2 aromatic carbocycles. The normalized spacial score (nSPS) is 22.2. The molecular weight excluding hydrogens is 479 g/mol. The van der Waals surface area contributed by atoms with Crippen molar-refractivity contribution >= 4 is 35.4 Å². The van der Waals surface area contributed by atoms with Gasteiger partial charge in [0.15, 0.2) is 6.71 Å². The van der Waals surface area contributed by atoms with Crippen LogP contribution in [-0.4, -0.2) is 43.5 Å². The molecule has 0 radical (unpaired) electrons. The van der Waals surface area contributed by atoms with Gasteiger partial charge in [-0.1, -0.05) is 17.6 Å². The lowest BCUT2D eigenvalue weighted by Crippen LogP contribution is -2.52. The summed E-state index contributed by atoms with van der Waals surface area (Å²) in [6, 6.07) is 9.05. The Morgan fingerprint density at radius 1 is 1.14 bits per heavy atom. The highest BCUT2D eigenvalue weighted by molar-refractivity contribution is 6.78. The fraction of sp³-hybridized carbons (Fsp3) is 0.440. The van der Waals surface area contributed by atoms with E-state index < -0.39 is 53.6 Å². The second kappa shape index (κ2) is 10.5. The number of hydrogen-bond donors (Lipinski definition) is 3. The van der Waals surface area contributed by atoms with Gasteiger partial charge < -0.3 is 20.5 Å². The van der Waals surface area contributed by atoms with Crippen molar-refractivity contribution in [3.05, 3.63) is 53.8 Å². The van der Waals surface area contributed by atoms with Gasteiger partial charge in [0.05, 0.1) is 23.2 Å². The van der Waals surface area contributed by atoms with Gasteiger partial charge in [0, 0.05) is 25.3 Å². The zero-order chi connectivity index (χ0) is 26.0. The van der Waals surface area contributed by atoms with Gasteiger partial charge in [0.1, 0.15) is 5.82 Å². The van der Waals surface area contributed by atoms with Crippen LogP contribution in [0.5, 0.6) is 0 Å². The van der Waals surface area contributed by atoms with Crippen LogP contribution in [0.25, 0.3) is 0 Å². The number of carbonyl (C=O) groups is 2. The second-order valence-electron chi connectivity index (χ2n) is 9.50. The third kappa shape index (κ3) is 6.00. The number of carbonyl (C=O) groups excluding carboxylic acids is 1. The summed E-state index contributed by atoms with van der Waals surface area (Å²) in [7, 11) is 1.76. The van der Waals surface area contributed by atoms with Crippen molar-refractivity contribution in [3.63, 3.8) is 0 Å². The van der Waals surface area contributed by atoms with E-state index in [1.54, 1.807) is 19.2 Å². The Morgan fingerprint density at radius 3 is 2.39 bits per heavy atom. The summed E-state index contributed by atoms with van der Waals surface area (Å²) in [4.78, 5) is 25.7. The summed E-state index contributed by atoms with van der Waals surface area (Å²) in [5, 5.41) is 15.4. The molecule has 3 N–H and O–H groups in total. The number of halogens is 4. The van der Waals surface area contributed by atoms with Crippen molar-refractivity contribution in [3.8, 4) is 0 Å². The summed E-state index contributed by atoms with van der Waals surface area (Å²) in [6.45, 7) is -0.0186. The molecule has 2 aliphatic rings. The summed E-state index contributed by atoms with van der Waals surface area (Å²) in [5.41, 5.74) is -0.0412. The molecule has 2 aromatic rings. The molecule has 192 valence electrons. The molecule has 2 fully saturated rings. The minimum absolute atomic E-state index is 0.114. The topological polar surface area (TPSA) is 87.7 Å². The number of rotatable bonds is 8. The molecule has 6 nitrogen and oxygen atoms in total. The van der Waals surface area contributed by atoms with Crippen LogP contribution in [0.1, 0.15) is 24.8 Å². The van der Waals surface area contributed by atoms with Crippen molar-refractivity contribution in [2.24, 2.45) is 11.8 Å². The van der Waals surface area contributed by atoms with Crippen LogP contribution >= 0.6 is 0 Å². The Balaban J connectivity index is 1.61. The van der Waals surface area contributed by atoms with Crippen LogP contribution in [-0.2, 0) is 20.5 Å². The average molecular weight is 506 g/mol. The van der Waals surface area contributed by atoms with Crippen LogP contribution in [0, 0.1) is 17.7 Å². The first-order valence-corrected chi connectivity index (χ1v) is 11.9. The van der Waals surface area contributed by atoms with Crippen molar-refractivity contribution < 1.29 is 37.0 Å². The minimum Gasteiger partial charge on any atom is -0.482 e. The third-order valence-electron chi connectivity index (χ3n) is 6.97. The number of carboxylic acids is 1. The van der Waals surface area contributed by atoms with Gasteiger partial charge in [-0.2, -0.15) is 13.2 Å². The molecule has 0 aromatic heterocycles. The number of benzene rings is 2. The predicted octanol–water partition coefficient (Wildman–Crippen LogP) is 4.50. The highest BCUT2D eigenvalue weighted by Crippen LogP contribution is 2.39. The molecule has 11 heteroatoms. The molecule has 1 saturated heterocycles. The van der Waals surface area contributed by atoms with E-state index in [-0.39, 0.29) is 12.5 Å². The maximum absolute atomic E-state index is 14.4. The molecule has 0 spiro atoms. The molecule has 1 aliphatic carbocycles. The van der Waals surface area contributed by atoms with Crippen molar-refractivity contribution in [2.45, 2.75) is 43.7 Å². The monoisotopic (exact) mass is 506 g/mol. The van der Waals surface area contributed by atoms with E-state index in [1.165, 1.54) is 0 Å². The summed E-state index contributed by atoms with van der Waals surface area (Å²) >= 11 is 0. The molecule has 0 unspecified atom stereocenters. The van der Waals surface area contributed by atoms with Gasteiger partial charge in [-0.25, -0.2) is 4.39 Å². The number of anilines is 2. The molecule has 1 saturated carbocycles. The van der Waals surface area contributed by atoms with Crippen LogP contribution in [0.2, 0.25) is 12.1 Å². The smallest absolute Gasteiger partial charge is 0.416 e. The van der Waals surface area contributed by atoms with Gasteiger partial charge in [-0.05, 0) is 61.8 Å². The minimum atomic E-state index is -4.73. The van der Waals surface area contributed by atoms with Gasteiger partial charge >= 0.3 is 6.18 Å². The highest BCUT2D eigenvalue weighted by atomic mass is 19.4. The Bertz CT molecular complexity index is 1110. The summed E-state index contributed by atoms with van der Waals surface area (Å²) < 4.78 is 59.1. The van der Waals surface area contributed by atoms with Crippen LogP contribution in [0.4, 0.5) is 28.9 Å². The van der Waals surface area contributed by atoms with E-state index >= 15 is 0 Å². The Kier molecular flexibility index (Phi) is 7.58. The Morgan fingerprint density at radius 2 is 1.83 bits per heavy atom. The molecule has 1 heterocycles. The van der Waals surface area contributed by atoms with Crippen LogP contribution in [0.15, 0.2) is 42.5 Å². The van der Waals surface area contributed by atoms with E-state index in [1.807, 2.05) is 12.1 Å². The second-order valence-corrected chi connectivity index (χ2v) is 9.50. The fourth-order valence-electron chi connectivity index (χ4n) is 4.80. The standard InChI is InChI=1S/C25H27BF4N2O4/c1-31-17-7-5-16(6-8-17)26-12-18(36-13-14-2-3-14)11-19(22(26)24(34)35)23(33)32-21-9-4-15(10-20(21)27)25(28,29)30/h4-10,14,18-19,22,31H,2-3,11-13H2,1H3,(H,32,33)(H,34,35)/t18-,19+,22+/m0/s1. The Labute approximate surface area is 206 Å². The van der Waals surface area contributed by atoms with Gasteiger partial charge in [-0.15, -0.1) is 0 Å². The third-order valence-corrected chi connectivity index (χ3v) is 6.97.